The number of hydrogen-bond acceptors (Lipinski definition) is 3. The molecule has 0 aliphatic heterocycles. The molecule has 3 nitrogen and oxygen atoms in total. The van der Waals surface area contributed by atoms with Crippen molar-refractivity contribution in [1.29, 1.82) is 0 Å². The minimum Gasteiger partial charge on any atom is -0.488 e. The van der Waals surface area contributed by atoms with E-state index in [0.29, 0.717) is 11.5 Å². The zero-order valence-corrected chi connectivity index (χ0v) is 13.3. The van der Waals surface area contributed by atoms with Gasteiger partial charge in [-0.05, 0) is 54.6 Å². The van der Waals surface area contributed by atoms with Gasteiger partial charge in [0, 0.05) is 15.7 Å². The van der Waals surface area contributed by atoms with Gasteiger partial charge >= 0.3 is 0 Å². The molecule has 2 N–H and O–H groups in total. The number of nitrogens with two attached hydrogens (primary N) is 1. The van der Waals surface area contributed by atoms with Crippen LogP contribution in [0.25, 0.3) is 0 Å². The highest BCUT2D eigenvalue weighted by molar-refractivity contribution is 14.1. The fraction of sp³-hybridized carbons (Fsp3) is 0.200. The summed E-state index contributed by atoms with van der Waals surface area (Å²) in [7, 11) is 0. The van der Waals surface area contributed by atoms with E-state index >= 15 is 0 Å². The average molecular weight is 387 g/mol. The smallest absolute Gasteiger partial charge is 0.167 e. The zero-order valence-electron chi connectivity index (χ0n) is 11.2. The second-order valence-corrected chi connectivity index (χ2v) is 5.79. The molecule has 0 saturated heterocycles. The summed E-state index contributed by atoms with van der Waals surface area (Å²) in [5.74, 6) is 0.663. The molecule has 0 saturated carbocycles. The molecule has 0 bridgehead atoms. The maximum Gasteiger partial charge on any atom is 0.167 e. The van der Waals surface area contributed by atoms with Crippen molar-refractivity contribution < 1.29 is 13.9 Å². The van der Waals surface area contributed by atoms with Crippen LogP contribution in [0.15, 0.2) is 36.4 Å². The molecule has 20 heavy (non-hydrogen) atoms. The van der Waals surface area contributed by atoms with Crippen molar-refractivity contribution in [2.24, 2.45) is 0 Å². The lowest BCUT2D eigenvalue weighted by Crippen LogP contribution is -2.07. The lowest BCUT2D eigenvalue weighted by Gasteiger charge is -2.14. The lowest BCUT2D eigenvalue weighted by molar-refractivity contribution is 0.230. The summed E-state index contributed by atoms with van der Waals surface area (Å²) < 4.78 is 25.9. The van der Waals surface area contributed by atoms with E-state index in [1.807, 2.05) is 38.1 Å². The van der Waals surface area contributed by atoms with Gasteiger partial charge in [0.25, 0.3) is 0 Å². The highest BCUT2D eigenvalue weighted by Crippen LogP contribution is 2.34. The van der Waals surface area contributed by atoms with Crippen LogP contribution in [0, 0.1) is 9.39 Å². The molecule has 0 fully saturated rings. The molecule has 0 heterocycles. The van der Waals surface area contributed by atoms with Crippen molar-refractivity contribution in [2.45, 2.75) is 20.0 Å². The molecule has 5 heteroatoms. The third kappa shape index (κ3) is 3.75. The molecule has 2 rings (SSSR count). The Morgan fingerprint density at radius 1 is 1.15 bits per heavy atom. The fourth-order valence-corrected chi connectivity index (χ4v) is 2.15. The number of nitrogen functional groups attached to an aromatic ring is 1. The van der Waals surface area contributed by atoms with E-state index < -0.39 is 5.82 Å². The van der Waals surface area contributed by atoms with Crippen LogP contribution in [-0.2, 0) is 0 Å². The van der Waals surface area contributed by atoms with Crippen molar-refractivity contribution in [2.75, 3.05) is 5.73 Å². The monoisotopic (exact) mass is 387 g/mol. The molecule has 2 aromatic carbocycles. The van der Waals surface area contributed by atoms with Crippen molar-refractivity contribution >= 4 is 28.3 Å². The molecule has 2 aromatic rings. The minimum atomic E-state index is -0.494. The van der Waals surface area contributed by atoms with Crippen molar-refractivity contribution in [3.8, 4) is 17.2 Å². The van der Waals surface area contributed by atoms with Crippen LogP contribution in [0.3, 0.4) is 0 Å². The number of hydrogen-bond donors (Lipinski definition) is 1. The molecule has 0 spiro atoms. The maximum atomic E-state index is 13.7. The first-order valence-electron chi connectivity index (χ1n) is 6.15. The van der Waals surface area contributed by atoms with Crippen molar-refractivity contribution in [3.63, 3.8) is 0 Å². The van der Waals surface area contributed by atoms with Crippen LogP contribution >= 0.6 is 22.6 Å². The fourth-order valence-electron chi connectivity index (χ4n) is 1.64. The Morgan fingerprint density at radius 3 is 2.55 bits per heavy atom. The van der Waals surface area contributed by atoms with Crippen LogP contribution in [0.2, 0.25) is 0 Å². The van der Waals surface area contributed by atoms with Crippen LogP contribution < -0.4 is 15.2 Å². The van der Waals surface area contributed by atoms with Crippen LogP contribution in [-0.4, -0.2) is 6.10 Å². The Kier molecular flexibility index (Phi) is 4.69. The number of anilines is 1. The van der Waals surface area contributed by atoms with Gasteiger partial charge in [0.05, 0.1) is 11.8 Å². The standard InChI is InChI=1S/C15H15FINO2/c1-9(2)19-14-8-15(13(18)7-12(14)16)20-11-5-3-4-10(17)6-11/h3-9H,18H2,1-2H3. The highest BCUT2D eigenvalue weighted by atomic mass is 127. The Balaban J connectivity index is 2.31. The first-order chi connectivity index (χ1) is 9.45. The normalized spacial score (nSPS) is 10.7. The summed E-state index contributed by atoms with van der Waals surface area (Å²) in [5, 5.41) is 0. The molecule has 0 aliphatic rings. The van der Waals surface area contributed by atoms with Crippen molar-refractivity contribution in [3.05, 3.63) is 45.8 Å². The van der Waals surface area contributed by atoms with Gasteiger partial charge in [0.1, 0.15) is 5.75 Å². The van der Waals surface area contributed by atoms with Crippen LogP contribution in [0.4, 0.5) is 10.1 Å². The predicted octanol–water partition coefficient (Wildman–Crippen LogP) is 4.59. The van der Waals surface area contributed by atoms with E-state index in [0.717, 1.165) is 3.57 Å². The molecular formula is C15H15FINO2. The van der Waals surface area contributed by atoms with Crippen molar-refractivity contribution in [1.82, 2.24) is 0 Å². The van der Waals surface area contributed by atoms with E-state index in [2.05, 4.69) is 22.6 Å². The molecule has 0 aromatic heterocycles. The summed E-state index contributed by atoms with van der Waals surface area (Å²) in [5.41, 5.74) is 6.02. The molecule has 0 aliphatic carbocycles. The van der Waals surface area contributed by atoms with E-state index in [9.17, 15) is 4.39 Å². The summed E-state index contributed by atoms with van der Waals surface area (Å²) in [6.07, 6.45) is -0.126. The van der Waals surface area contributed by atoms with Gasteiger partial charge in [-0.2, -0.15) is 0 Å². The van der Waals surface area contributed by atoms with Gasteiger partial charge in [-0.15, -0.1) is 0 Å². The second-order valence-electron chi connectivity index (χ2n) is 4.55. The van der Waals surface area contributed by atoms with Gasteiger partial charge in [0.15, 0.2) is 17.3 Å². The van der Waals surface area contributed by atoms with Gasteiger partial charge in [0.2, 0.25) is 0 Å². The molecule has 106 valence electrons. The Labute approximate surface area is 131 Å². The first kappa shape index (κ1) is 14.9. The van der Waals surface area contributed by atoms with Gasteiger partial charge in [-0.3, -0.25) is 0 Å². The molecule has 0 atom stereocenters. The Hall–Kier alpha value is -1.50. The Bertz CT molecular complexity index is 617. The zero-order chi connectivity index (χ0) is 14.7. The second kappa shape index (κ2) is 6.30. The summed E-state index contributed by atoms with van der Waals surface area (Å²) >= 11 is 2.19. The summed E-state index contributed by atoms with van der Waals surface area (Å²) in [6, 6.07) is 10.2. The van der Waals surface area contributed by atoms with Crippen LogP contribution in [0.5, 0.6) is 17.2 Å². The largest absolute Gasteiger partial charge is 0.488 e. The Morgan fingerprint density at radius 2 is 1.90 bits per heavy atom. The topological polar surface area (TPSA) is 44.5 Å². The lowest BCUT2D eigenvalue weighted by atomic mass is 10.2. The quantitative estimate of drug-likeness (QED) is 0.617. The number of benzene rings is 2. The van der Waals surface area contributed by atoms with E-state index in [1.165, 1.54) is 12.1 Å². The number of ether oxygens (including phenoxy) is 2. The summed E-state index contributed by atoms with van der Waals surface area (Å²) in [6.45, 7) is 3.66. The number of rotatable bonds is 4. The predicted molar refractivity (Wildman–Crippen MR) is 85.8 cm³/mol. The van der Waals surface area contributed by atoms with Gasteiger partial charge in [-0.25, -0.2) is 4.39 Å². The SMILES string of the molecule is CC(C)Oc1cc(Oc2cccc(I)c2)c(N)cc1F. The van der Waals surface area contributed by atoms with Gasteiger partial charge < -0.3 is 15.2 Å². The summed E-state index contributed by atoms with van der Waals surface area (Å²) in [4.78, 5) is 0. The minimum absolute atomic E-state index is 0.126. The average Bonchev–Trinajstić information content (AvgIpc) is 2.34. The maximum absolute atomic E-state index is 13.7. The molecular weight excluding hydrogens is 372 g/mol. The van der Waals surface area contributed by atoms with E-state index in [-0.39, 0.29) is 17.5 Å². The third-order valence-corrected chi connectivity index (χ3v) is 3.12. The van der Waals surface area contributed by atoms with E-state index in [1.54, 1.807) is 0 Å². The molecule has 0 radical (unpaired) electrons. The van der Waals surface area contributed by atoms with Crippen LogP contribution in [0.1, 0.15) is 13.8 Å². The molecule has 0 amide bonds. The third-order valence-electron chi connectivity index (χ3n) is 2.45. The first-order valence-corrected chi connectivity index (χ1v) is 7.22. The molecule has 0 unspecified atom stereocenters. The highest BCUT2D eigenvalue weighted by Gasteiger charge is 2.12. The number of halogens is 2. The van der Waals surface area contributed by atoms with E-state index in [4.69, 9.17) is 15.2 Å². The van der Waals surface area contributed by atoms with Gasteiger partial charge in [-0.1, -0.05) is 6.07 Å².